The first-order chi connectivity index (χ1) is 14.0. The molecule has 5 nitrogen and oxygen atoms in total. The lowest BCUT2D eigenvalue weighted by molar-refractivity contribution is -0.120. The Morgan fingerprint density at radius 2 is 1.90 bits per heavy atom. The number of carbonyl (C=O) groups excluding carboxylic acids is 1. The molecular weight excluding hydrogens is 404 g/mol. The number of aromatic nitrogens is 3. The highest BCUT2D eigenvalue weighted by molar-refractivity contribution is 8.00. The van der Waals surface area contributed by atoms with Crippen LogP contribution in [0.5, 0.6) is 0 Å². The van der Waals surface area contributed by atoms with Crippen molar-refractivity contribution in [3.8, 4) is 11.4 Å². The molecule has 0 saturated heterocycles. The van der Waals surface area contributed by atoms with Crippen LogP contribution in [0.4, 0.5) is 0 Å². The van der Waals surface area contributed by atoms with Gasteiger partial charge in [-0.2, -0.15) is 0 Å². The molecule has 0 fully saturated rings. The number of allylic oxidation sites excluding steroid dienone is 1. The number of hydrogen-bond acceptors (Lipinski definition) is 4. The van der Waals surface area contributed by atoms with Gasteiger partial charge in [-0.25, -0.2) is 0 Å². The summed E-state index contributed by atoms with van der Waals surface area (Å²) in [5, 5.41) is 12.6. The first-order valence-electron chi connectivity index (χ1n) is 9.28. The molecule has 0 aliphatic carbocycles. The zero-order valence-corrected chi connectivity index (χ0v) is 18.0. The lowest BCUT2D eigenvalue weighted by Crippen LogP contribution is -2.30. The minimum atomic E-state index is -0.314. The number of amides is 1. The second-order valence-corrected chi connectivity index (χ2v) is 8.42. The fraction of sp³-hybridized carbons (Fsp3) is 0.227. The SMILES string of the molecule is C=CCn1c(SC(C)C(=O)NCc2ccc(C)cc2)nnc1-c1ccc(Cl)cc1. The van der Waals surface area contributed by atoms with Crippen molar-refractivity contribution in [3.05, 3.63) is 77.3 Å². The molecule has 0 spiro atoms. The highest BCUT2D eigenvalue weighted by atomic mass is 35.5. The van der Waals surface area contributed by atoms with Gasteiger partial charge < -0.3 is 5.32 Å². The molecule has 2 aromatic carbocycles. The van der Waals surface area contributed by atoms with Crippen molar-refractivity contribution >= 4 is 29.3 Å². The van der Waals surface area contributed by atoms with E-state index in [1.165, 1.54) is 17.3 Å². The van der Waals surface area contributed by atoms with E-state index in [9.17, 15) is 4.79 Å². The first kappa shape index (κ1) is 21.1. The third kappa shape index (κ3) is 5.49. The summed E-state index contributed by atoms with van der Waals surface area (Å²) in [7, 11) is 0. The van der Waals surface area contributed by atoms with Crippen molar-refractivity contribution in [1.82, 2.24) is 20.1 Å². The fourth-order valence-corrected chi connectivity index (χ4v) is 3.74. The minimum Gasteiger partial charge on any atom is -0.351 e. The van der Waals surface area contributed by atoms with Crippen LogP contribution in [0.1, 0.15) is 18.1 Å². The Hall–Kier alpha value is -2.57. The molecule has 1 atom stereocenters. The predicted molar refractivity (Wildman–Crippen MR) is 119 cm³/mol. The van der Waals surface area contributed by atoms with Crippen molar-refractivity contribution in [2.45, 2.75) is 37.3 Å². The zero-order chi connectivity index (χ0) is 20.8. The van der Waals surface area contributed by atoms with E-state index >= 15 is 0 Å². The molecule has 3 rings (SSSR count). The van der Waals surface area contributed by atoms with Crippen LogP contribution in [-0.4, -0.2) is 25.9 Å². The van der Waals surface area contributed by atoms with Gasteiger partial charge in [-0.15, -0.1) is 16.8 Å². The monoisotopic (exact) mass is 426 g/mol. The molecule has 150 valence electrons. The van der Waals surface area contributed by atoms with E-state index in [1.54, 1.807) is 6.08 Å². The number of halogens is 1. The van der Waals surface area contributed by atoms with Crippen LogP contribution in [0.15, 0.2) is 66.3 Å². The summed E-state index contributed by atoms with van der Waals surface area (Å²) in [4.78, 5) is 12.5. The molecule has 29 heavy (non-hydrogen) atoms. The van der Waals surface area contributed by atoms with Crippen LogP contribution in [0.25, 0.3) is 11.4 Å². The molecule has 7 heteroatoms. The van der Waals surface area contributed by atoms with Gasteiger partial charge in [-0.1, -0.05) is 59.3 Å². The van der Waals surface area contributed by atoms with Gasteiger partial charge in [-0.3, -0.25) is 9.36 Å². The van der Waals surface area contributed by atoms with Crippen LogP contribution in [0.3, 0.4) is 0 Å². The van der Waals surface area contributed by atoms with E-state index in [1.807, 2.05) is 66.9 Å². The maximum atomic E-state index is 12.5. The molecule has 1 amide bonds. The zero-order valence-electron chi connectivity index (χ0n) is 16.4. The summed E-state index contributed by atoms with van der Waals surface area (Å²) in [5.74, 6) is 0.674. The number of aryl methyl sites for hydroxylation is 1. The lowest BCUT2D eigenvalue weighted by atomic mass is 10.1. The smallest absolute Gasteiger partial charge is 0.233 e. The first-order valence-corrected chi connectivity index (χ1v) is 10.5. The predicted octanol–water partition coefficient (Wildman–Crippen LogP) is 4.89. The van der Waals surface area contributed by atoms with Crippen molar-refractivity contribution in [1.29, 1.82) is 0 Å². The van der Waals surface area contributed by atoms with Gasteiger partial charge in [0.2, 0.25) is 5.91 Å². The highest BCUT2D eigenvalue weighted by Crippen LogP contribution is 2.27. The second-order valence-electron chi connectivity index (χ2n) is 6.68. The number of nitrogens with zero attached hydrogens (tertiary/aromatic N) is 3. The van der Waals surface area contributed by atoms with Gasteiger partial charge >= 0.3 is 0 Å². The molecule has 0 aliphatic rings. The molecule has 3 aromatic rings. The fourth-order valence-electron chi connectivity index (χ4n) is 2.73. The second kappa shape index (κ2) is 9.76. The molecule has 0 bridgehead atoms. The van der Waals surface area contributed by atoms with Crippen molar-refractivity contribution in [3.63, 3.8) is 0 Å². The third-order valence-corrected chi connectivity index (χ3v) is 5.70. The van der Waals surface area contributed by atoms with Gasteiger partial charge in [-0.05, 0) is 43.7 Å². The molecular formula is C22H23ClN4OS. The largest absolute Gasteiger partial charge is 0.351 e. The number of rotatable bonds is 8. The number of carbonyl (C=O) groups is 1. The highest BCUT2D eigenvalue weighted by Gasteiger charge is 2.20. The molecule has 0 radical (unpaired) electrons. The van der Waals surface area contributed by atoms with Gasteiger partial charge in [0.25, 0.3) is 0 Å². The molecule has 0 saturated carbocycles. The Morgan fingerprint density at radius 3 is 2.55 bits per heavy atom. The summed E-state index contributed by atoms with van der Waals surface area (Å²) in [6.45, 7) is 8.77. The van der Waals surface area contributed by atoms with E-state index in [2.05, 4.69) is 22.1 Å². The Bertz CT molecular complexity index is 983. The summed E-state index contributed by atoms with van der Waals surface area (Å²) < 4.78 is 1.95. The molecule has 1 unspecified atom stereocenters. The summed E-state index contributed by atoms with van der Waals surface area (Å²) in [6.07, 6.45) is 1.79. The molecule has 1 heterocycles. The standard InChI is InChI=1S/C22H23ClN4OS/c1-4-13-27-20(18-9-11-19(23)12-10-18)25-26-22(27)29-16(3)21(28)24-14-17-7-5-15(2)6-8-17/h4-12,16H,1,13-14H2,2-3H3,(H,24,28). The van der Waals surface area contributed by atoms with Gasteiger partial charge in [0.05, 0.1) is 5.25 Å². The maximum Gasteiger partial charge on any atom is 0.233 e. The number of thioether (sulfide) groups is 1. The Kier molecular flexibility index (Phi) is 7.12. The van der Waals surface area contributed by atoms with Gasteiger partial charge in [0, 0.05) is 23.7 Å². The molecule has 1 N–H and O–H groups in total. The van der Waals surface area contributed by atoms with E-state index in [0.717, 1.165) is 17.0 Å². The summed E-state index contributed by atoms with van der Waals surface area (Å²) >= 11 is 7.36. The van der Waals surface area contributed by atoms with Crippen molar-refractivity contribution in [2.75, 3.05) is 0 Å². The van der Waals surface area contributed by atoms with Crippen LogP contribution in [0.2, 0.25) is 5.02 Å². The van der Waals surface area contributed by atoms with Crippen LogP contribution in [0, 0.1) is 6.92 Å². The third-order valence-electron chi connectivity index (χ3n) is 4.37. The maximum absolute atomic E-state index is 12.5. The topological polar surface area (TPSA) is 59.8 Å². The molecule has 0 aliphatic heterocycles. The van der Waals surface area contributed by atoms with Crippen LogP contribution >= 0.6 is 23.4 Å². The van der Waals surface area contributed by atoms with E-state index in [-0.39, 0.29) is 11.2 Å². The quantitative estimate of drug-likeness (QED) is 0.411. The van der Waals surface area contributed by atoms with Crippen LogP contribution < -0.4 is 5.32 Å². The molecule has 1 aromatic heterocycles. The number of hydrogen-bond donors (Lipinski definition) is 1. The van der Waals surface area contributed by atoms with E-state index < -0.39 is 0 Å². The van der Waals surface area contributed by atoms with Crippen LogP contribution in [-0.2, 0) is 17.9 Å². The Morgan fingerprint density at radius 1 is 1.21 bits per heavy atom. The van der Waals surface area contributed by atoms with E-state index in [4.69, 9.17) is 11.6 Å². The average molecular weight is 427 g/mol. The normalized spacial score (nSPS) is 11.8. The number of benzene rings is 2. The summed E-state index contributed by atoms with van der Waals surface area (Å²) in [6, 6.07) is 15.6. The summed E-state index contributed by atoms with van der Waals surface area (Å²) in [5.41, 5.74) is 3.18. The number of nitrogens with one attached hydrogen (secondary N) is 1. The Balaban J connectivity index is 1.69. The van der Waals surface area contributed by atoms with Gasteiger partial charge in [0.1, 0.15) is 0 Å². The van der Waals surface area contributed by atoms with E-state index in [0.29, 0.717) is 23.3 Å². The Labute approximate surface area is 180 Å². The van der Waals surface area contributed by atoms with Crippen molar-refractivity contribution < 1.29 is 4.79 Å². The van der Waals surface area contributed by atoms with Gasteiger partial charge in [0.15, 0.2) is 11.0 Å². The lowest BCUT2D eigenvalue weighted by Gasteiger charge is -2.13. The average Bonchev–Trinajstić information content (AvgIpc) is 3.10. The van der Waals surface area contributed by atoms with Crippen molar-refractivity contribution in [2.24, 2.45) is 0 Å². The minimum absolute atomic E-state index is 0.0447.